The van der Waals surface area contributed by atoms with Gasteiger partial charge in [0.2, 0.25) is 5.91 Å². The number of fused-ring (bicyclic) bond motifs is 2. The van der Waals surface area contributed by atoms with Crippen LogP contribution in [0.2, 0.25) is 0 Å². The Hall–Kier alpha value is -1.74. The molecule has 0 aliphatic carbocycles. The third-order valence-corrected chi connectivity index (χ3v) is 5.87. The average molecular weight is 380 g/mol. The number of ether oxygens (including phenoxy) is 1. The predicted octanol–water partition coefficient (Wildman–Crippen LogP) is -0.339. The third-order valence-electron chi connectivity index (χ3n) is 5.87. The number of amides is 1. The van der Waals surface area contributed by atoms with Crippen LogP contribution in [0, 0.1) is 11.8 Å². The maximum absolute atomic E-state index is 12.8. The summed E-state index contributed by atoms with van der Waals surface area (Å²) in [6.45, 7) is 2.94. The minimum atomic E-state index is -0.353. The Morgan fingerprint density at radius 1 is 1.35 bits per heavy atom. The molecule has 0 unspecified atom stereocenters. The van der Waals surface area contributed by atoms with E-state index < -0.39 is 0 Å². The standard InChI is InChI=1S/C17H21N5O3.ClH/c23-8-11-12-6-21(10-17(12)9-18-5-15(11)25-17)16(24)7-22-19-13-3-1-2-4-14(13)20-22;/h1-4,11-12,15,18,23H,5-10H2;1H/t11-,12+,15+,17+;/m0./s1. The topological polar surface area (TPSA) is 92.5 Å². The highest BCUT2D eigenvalue weighted by Crippen LogP contribution is 2.47. The Morgan fingerprint density at radius 3 is 2.77 bits per heavy atom. The lowest BCUT2D eigenvalue weighted by atomic mass is 9.83. The van der Waals surface area contributed by atoms with Crippen molar-refractivity contribution >= 4 is 29.3 Å². The Balaban J connectivity index is 0.00000168. The number of morpholine rings is 1. The number of nitrogens with one attached hydrogen (secondary N) is 1. The average Bonchev–Trinajstić information content (AvgIpc) is 3.22. The molecule has 2 bridgehead atoms. The quantitative estimate of drug-likeness (QED) is 0.758. The number of carbonyl (C=O) groups is 1. The first-order valence-corrected chi connectivity index (χ1v) is 8.75. The molecule has 1 aromatic carbocycles. The van der Waals surface area contributed by atoms with Crippen LogP contribution in [0.3, 0.4) is 0 Å². The number of likely N-dealkylation sites (tertiary alicyclic amines) is 1. The van der Waals surface area contributed by atoms with Gasteiger partial charge in [-0.05, 0) is 12.1 Å². The zero-order chi connectivity index (χ0) is 17.0. The predicted molar refractivity (Wildman–Crippen MR) is 95.9 cm³/mol. The highest BCUT2D eigenvalue weighted by atomic mass is 35.5. The summed E-state index contributed by atoms with van der Waals surface area (Å²) in [7, 11) is 0. The fourth-order valence-corrected chi connectivity index (χ4v) is 4.69. The summed E-state index contributed by atoms with van der Waals surface area (Å²) in [5.41, 5.74) is 1.22. The van der Waals surface area contributed by atoms with Gasteiger partial charge in [0.05, 0.1) is 12.6 Å². The molecule has 0 saturated carbocycles. The van der Waals surface area contributed by atoms with Gasteiger partial charge in [-0.3, -0.25) is 4.79 Å². The van der Waals surface area contributed by atoms with Crippen LogP contribution in [0.4, 0.5) is 0 Å². The normalized spacial score (nSPS) is 32.5. The molecule has 4 heterocycles. The molecule has 4 atom stereocenters. The molecule has 2 N–H and O–H groups in total. The van der Waals surface area contributed by atoms with E-state index in [1.807, 2.05) is 29.2 Å². The molecule has 26 heavy (non-hydrogen) atoms. The summed E-state index contributed by atoms with van der Waals surface area (Å²) >= 11 is 0. The fourth-order valence-electron chi connectivity index (χ4n) is 4.69. The molecule has 1 spiro atoms. The Kier molecular flexibility index (Phi) is 4.38. The fraction of sp³-hybridized carbons (Fsp3) is 0.588. The zero-order valence-corrected chi connectivity index (χ0v) is 15.1. The molecule has 3 fully saturated rings. The molecule has 9 heteroatoms. The minimum absolute atomic E-state index is 0. The summed E-state index contributed by atoms with van der Waals surface area (Å²) in [5, 5.41) is 21.9. The van der Waals surface area contributed by atoms with Gasteiger partial charge >= 0.3 is 0 Å². The van der Waals surface area contributed by atoms with Crippen LogP contribution in [-0.2, 0) is 16.1 Å². The number of aromatic nitrogens is 3. The number of aliphatic hydroxyl groups excluding tert-OH is 1. The second-order valence-corrected chi connectivity index (χ2v) is 7.30. The number of hydrogen-bond acceptors (Lipinski definition) is 6. The monoisotopic (exact) mass is 379 g/mol. The Labute approximate surface area is 156 Å². The van der Waals surface area contributed by atoms with E-state index >= 15 is 0 Å². The van der Waals surface area contributed by atoms with E-state index in [1.165, 1.54) is 4.80 Å². The number of rotatable bonds is 3. The van der Waals surface area contributed by atoms with Crippen LogP contribution in [-0.4, -0.2) is 75.4 Å². The summed E-state index contributed by atoms with van der Waals surface area (Å²) in [6, 6.07) is 7.58. The van der Waals surface area contributed by atoms with Crippen LogP contribution in [0.5, 0.6) is 0 Å². The van der Waals surface area contributed by atoms with E-state index in [0.29, 0.717) is 13.1 Å². The lowest BCUT2D eigenvalue weighted by molar-refractivity contribution is -0.134. The van der Waals surface area contributed by atoms with E-state index in [-0.39, 0.29) is 55.0 Å². The second-order valence-electron chi connectivity index (χ2n) is 7.30. The summed E-state index contributed by atoms with van der Waals surface area (Å²) in [6.07, 6.45) is 0.0547. The molecule has 3 saturated heterocycles. The van der Waals surface area contributed by atoms with Crippen molar-refractivity contribution < 1.29 is 14.6 Å². The van der Waals surface area contributed by atoms with Gasteiger partial charge < -0.3 is 20.1 Å². The van der Waals surface area contributed by atoms with Crippen molar-refractivity contribution in [1.29, 1.82) is 0 Å². The molecule has 3 aliphatic rings. The van der Waals surface area contributed by atoms with Crippen molar-refractivity contribution in [3.05, 3.63) is 24.3 Å². The molecule has 3 aliphatic heterocycles. The zero-order valence-electron chi connectivity index (χ0n) is 14.2. The van der Waals surface area contributed by atoms with Gasteiger partial charge in [-0.1, -0.05) is 12.1 Å². The van der Waals surface area contributed by atoms with Crippen molar-refractivity contribution in [1.82, 2.24) is 25.2 Å². The van der Waals surface area contributed by atoms with Gasteiger partial charge in [-0.2, -0.15) is 15.0 Å². The molecule has 1 amide bonds. The maximum atomic E-state index is 12.8. The van der Waals surface area contributed by atoms with Crippen molar-refractivity contribution in [2.45, 2.75) is 18.2 Å². The van der Waals surface area contributed by atoms with Crippen LogP contribution in [0.15, 0.2) is 24.3 Å². The van der Waals surface area contributed by atoms with Gasteiger partial charge in [0.15, 0.2) is 0 Å². The van der Waals surface area contributed by atoms with Gasteiger partial charge in [0.1, 0.15) is 23.2 Å². The highest BCUT2D eigenvalue weighted by Gasteiger charge is 2.61. The first kappa shape index (κ1) is 17.7. The summed E-state index contributed by atoms with van der Waals surface area (Å²) in [5.74, 6) is 0.274. The smallest absolute Gasteiger partial charge is 0.246 e. The van der Waals surface area contributed by atoms with Crippen LogP contribution in [0.25, 0.3) is 11.0 Å². The Bertz CT molecular complexity index is 797. The van der Waals surface area contributed by atoms with Gasteiger partial charge in [0.25, 0.3) is 0 Å². The molecule has 1 aromatic heterocycles. The molecule has 2 aromatic rings. The number of hydrogen-bond donors (Lipinski definition) is 2. The number of halogens is 1. The lowest BCUT2D eigenvalue weighted by Crippen LogP contribution is -2.52. The van der Waals surface area contributed by atoms with Crippen molar-refractivity contribution in [3.8, 4) is 0 Å². The first-order chi connectivity index (χ1) is 12.2. The number of aliphatic hydroxyl groups is 1. The van der Waals surface area contributed by atoms with Gasteiger partial charge in [-0.15, -0.1) is 12.4 Å². The highest BCUT2D eigenvalue weighted by molar-refractivity contribution is 5.85. The number of carbonyl (C=O) groups excluding carboxylic acids is 1. The summed E-state index contributed by atoms with van der Waals surface area (Å²) < 4.78 is 6.24. The van der Waals surface area contributed by atoms with E-state index in [2.05, 4.69) is 15.5 Å². The number of nitrogens with zero attached hydrogens (tertiary/aromatic N) is 4. The molecular weight excluding hydrogens is 358 g/mol. The van der Waals surface area contributed by atoms with E-state index in [0.717, 1.165) is 24.1 Å². The van der Waals surface area contributed by atoms with Crippen LogP contribution in [0.1, 0.15) is 0 Å². The Morgan fingerprint density at radius 2 is 2.08 bits per heavy atom. The van der Waals surface area contributed by atoms with E-state index in [1.54, 1.807) is 0 Å². The molecule has 5 rings (SSSR count). The third kappa shape index (κ3) is 2.60. The van der Waals surface area contributed by atoms with Gasteiger partial charge in [0, 0.05) is 38.1 Å². The molecule has 140 valence electrons. The minimum Gasteiger partial charge on any atom is -0.396 e. The van der Waals surface area contributed by atoms with Crippen LogP contribution >= 0.6 is 12.4 Å². The van der Waals surface area contributed by atoms with Crippen molar-refractivity contribution in [2.75, 3.05) is 32.8 Å². The molecule has 0 radical (unpaired) electrons. The van der Waals surface area contributed by atoms with Crippen LogP contribution < -0.4 is 5.32 Å². The maximum Gasteiger partial charge on any atom is 0.246 e. The number of benzene rings is 1. The SMILES string of the molecule is Cl.O=C(Cn1nc2ccccc2n1)N1C[C@@H]2[C@H](CO)[C@H]3CNC[C@]2(C1)O3. The first-order valence-electron chi connectivity index (χ1n) is 8.75. The van der Waals surface area contributed by atoms with Gasteiger partial charge in [-0.25, -0.2) is 0 Å². The van der Waals surface area contributed by atoms with Crippen molar-refractivity contribution in [2.24, 2.45) is 11.8 Å². The largest absolute Gasteiger partial charge is 0.396 e. The molecular formula is C17H22ClN5O3. The van der Waals surface area contributed by atoms with E-state index in [9.17, 15) is 9.90 Å². The molecule has 8 nitrogen and oxygen atoms in total. The summed E-state index contributed by atoms with van der Waals surface area (Å²) in [4.78, 5) is 16.1. The van der Waals surface area contributed by atoms with E-state index in [4.69, 9.17) is 4.74 Å². The second kappa shape index (κ2) is 6.45. The van der Waals surface area contributed by atoms with Crippen molar-refractivity contribution in [3.63, 3.8) is 0 Å². The lowest BCUT2D eigenvalue weighted by Gasteiger charge is -2.33.